The largest absolute Gasteiger partial charge is 0.393 e. The van der Waals surface area contributed by atoms with Crippen LogP contribution >= 0.6 is 0 Å². The lowest BCUT2D eigenvalue weighted by Crippen LogP contribution is -2.36. The van der Waals surface area contributed by atoms with Gasteiger partial charge in [0.15, 0.2) is 0 Å². The number of aryl methyl sites for hydroxylation is 1. The molecule has 1 aliphatic carbocycles. The summed E-state index contributed by atoms with van der Waals surface area (Å²) in [5.41, 5.74) is 0.958. The average Bonchev–Trinajstić information content (AvgIpc) is 2.46. The molecular formula is C16H22FNO2. The van der Waals surface area contributed by atoms with E-state index in [-0.39, 0.29) is 23.7 Å². The van der Waals surface area contributed by atoms with Crippen LogP contribution in [-0.4, -0.2) is 23.7 Å². The molecule has 0 saturated heterocycles. The molecule has 2 rings (SSSR count). The van der Waals surface area contributed by atoms with Crippen molar-refractivity contribution in [3.63, 3.8) is 0 Å². The van der Waals surface area contributed by atoms with Gasteiger partial charge in [0.25, 0.3) is 0 Å². The molecule has 1 amide bonds. The maximum atomic E-state index is 12.7. The van der Waals surface area contributed by atoms with E-state index in [0.29, 0.717) is 19.4 Å². The first-order valence-electron chi connectivity index (χ1n) is 7.34. The van der Waals surface area contributed by atoms with E-state index in [1.54, 1.807) is 12.1 Å². The smallest absolute Gasteiger partial charge is 0.220 e. The number of benzene rings is 1. The summed E-state index contributed by atoms with van der Waals surface area (Å²) in [7, 11) is 0. The Morgan fingerprint density at radius 3 is 2.65 bits per heavy atom. The van der Waals surface area contributed by atoms with Crippen LogP contribution in [0.15, 0.2) is 24.3 Å². The minimum atomic E-state index is -0.277. The van der Waals surface area contributed by atoms with Crippen molar-refractivity contribution < 1.29 is 14.3 Å². The zero-order valence-corrected chi connectivity index (χ0v) is 11.6. The Morgan fingerprint density at radius 1 is 1.25 bits per heavy atom. The summed E-state index contributed by atoms with van der Waals surface area (Å²) in [5.74, 6) is -0.0740. The highest BCUT2D eigenvalue weighted by molar-refractivity contribution is 5.76. The van der Waals surface area contributed by atoms with Crippen molar-refractivity contribution in [2.45, 2.75) is 44.6 Å². The van der Waals surface area contributed by atoms with E-state index in [2.05, 4.69) is 5.32 Å². The fourth-order valence-electron chi connectivity index (χ4n) is 2.67. The molecule has 0 radical (unpaired) electrons. The van der Waals surface area contributed by atoms with Crippen molar-refractivity contribution in [1.82, 2.24) is 5.32 Å². The lowest BCUT2D eigenvalue weighted by molar-refractivity contribution is -0.121. The first-order chi connectivity index (χ1) is 9.65. The zero-order chi connectivity index (χ0) is 14.4. The van der Waals surface area contributed by atoms with E-state index >= 15 is 0 Å². The maximum absolute atomic E-state index is 12.7. The highest BCUT2D eigenvalue weighted by Crippen LogP contribution is 2.23. The monoisotopic (exact) mass is 279 g/mol. The lowest BCUT2D eigenvalue weighted by Gasteiger charge is -2.27. The molecule has 3 nitrogen and oxygen atoms in total. The van der Waals surface area contributed by atoms with Crippen LogP contribution < -0.4 is 5.32 Å². The minimum Gasteiger partial charge on any atom is -0.393 e. The van der Waals surface area contributed by atoms with Gasteiger partial charge in [-0.25, -0.2) is 4.39 Å². The molecule has 0 aromatic heterocycles. The molecule has 1 saturated carbocycles. The average molecular weight is 279 g/mol. The molecule has 2 unspecified atom stereocenters. The number of hydrogen-bond donors (Lipinski definition) is 2. The van der Waals surface area contributed by atoms with Gasteiger partial charge in [0.2, 0.25) is 5.91 Å². The Hall–Kier alpha value is -1.42. The molecule has 2 N–H and O–H groups in total. The second-order valence-electron chi connectivity index (χ2n) is 5.54. The standard InChI is InChI=1S/C16H22FNO2/c17-14-8-5-12(6-9-14)7-10-16(20)18-11-13-3-1-2-4-15(13)19/h5-6,8-9,13,15,19H,1-4,7,10-11H2,(H,18,20). The van der Waals surface area contributed by atoms with Gasteiger partial charge in [-0.15, -0.1) is 0 Å². The van der Waals surface area contributed by atoms with Crippen molar-refractivity contribution in [2.24, 2.45) is 5.92 Å². The van der Waals surface area contributed by atoms with Gasteiger partial charge >= 0.3 is 0 Å². The molecule has 0 spiro atoms. The number of rotatable bonds is 5. The third-order valence-corrected chi connectivity index (χ3v) is 3.98. The molecule has 1 aliphatic rings. The van der Waals surface area contributed by atoms with Crippen LogP contribution in [0.4, 0.5) is 4.39 Å². The Morgan fingerprint density at radius 2 is 1.95 bits per heavy atom. The lowest BCUT2D eigenvalue weighted by atomic mass is 9.86. The van der Waals surface area contributed by atoms with Gasteiger partial charge in [0.1, 0.15) is 5.82 Å². The van der Waals surface area contributed by atoms with Crippen LogP contribution in [-0.2, 0) is 11.2 Å². The molecule has 4 heteroatoms. The predicted molar refractivity (Wildman–Crippen MR) is 75.7 cm³/mol. The predicted octanol–water partition coefficient (Wildman–Crippen LogP) is 2.43. The second kappa shape index (κ2) is 7.39. The fourth-order valence-corrected chi connectivity index (χ4v) is 2.67. The number of nitrogens with one attached hydrogen (secondary N) is 1. The van der Waals surface area contributed by atoms with E-state index in [9.17, 15) is 14.3 Å². The first kappa shape index (κ1) is 15.0. The van der Waals surface area contributed by atoms with Gasteiger partial charge < -0.3 is 10.4 Å². The van der Waals surface area contributed by atoms with Crippen LogP contribution in [0.1, 0.15) is 37.7 Å². The van der Waals surface area contributed by atoms with Gasteiger partial charge in [0.05, 0.1) is 6.10 Å². The molecule has 1 aromatic carbocycles. The highest BCUT2D eigenvalue weighted by Gasteiger charge is 2.23. The summed E-state index contributed by atoms with van der Waals surface area (Å²) in [4.78, 5) is 11.8. The molecule has 20 heavy (non-hydrogen) atoms. The van der Waals surface area contributed by atoms with Crippen molar-refractivity contribution in [3.8, 4) is 0 Å². The second-order valence-corrected chi connectivity index (χ2v) is 5.54. The Labute approximate surface area is 119 Å². The summed E-state index contributed by atoms with van der Waals surface area (Å²) in [6, 6.07) is 6.22. The van der Waals surface area contributed by atoms with E-state index in [1.165, 1.54) is 12.1 Å². The first-order valence-corrected chi connectivity index (χ1v) is 7.34. The van der Waals surface area contributed by atoms with Crippen LogP contribution in [0.5, 0.6) is 0 Å². The van der Waals surface area contributed by atoms with Gasteiger partial charge in [0, 0.05) is 18.9 Å². The summed E-state index contributed by atoms with van der Waals surface area (Å²) in [6.07, 6.45) is 4.77. The van der Waals surface area contributed by atoms with Crippen LogP contribution in [0.3, 0.4) is 0 Å². The molecule has 1 aromatic rings. The number of aliphatic hydroxyl groups excluding tert-OH is 1. The molecule has 0 bridgehead atoms. The van der Waals surface area contributed by atoms with E-state index < -0.39 is 0 Å². The number of amides is 1. The minimum absolute atomic E-state index is 0.00732. The number of hydrogen-bond acceptors (Lipinski definition) is 2. The Balaban J connectivity index is 1.68. The van der Waals surface area contributed by atoms with Crippen LogP contribution in [0.2, 0.25) is 0 Å². The van der Waals surface area contributed by atoms with Gasteiger partial charge in [-0.1, -0.05) is 25.0 Å². The van der Waals surface area contributed by atoms with Crippen molar-refractivity contribution in [3.05, 3.63) is 35.6 Å². The summed E-state index contributed by atoms with van der Waals surface area (Å²) >= 11 is 0. The summed E-state index contributed by atoms with van der Waals surface area (Å²) in [5, 5.41) is 12.7. The van der Waals surface area contributed by atoms with E-state index in [0.717, 1.165) is 31.2 Å². The highest BCUT2D eigenvalue weighted by atomic mass is 19.1. The van der Waals surface area contributed by atoms with Crippen molar-refractivity contribution >= 4 is 5.91 Å². The van der Waals surface area contributed by atoms with Gasteiger partial charge in [-0.05, 0) is 37.0 Å². The Bertz CT molecular complexity index is 433. The van der Waals surface area contributed by atoms with E-state index in [4.69, 9.17) is 0 Å². The zero-order valence-electron chi connectivity index (χ0n) is 11.6. The third kappa shape index (κ3) is 4.60. The number of carbonyl (C=O) groups is 1. The summed E-state index contributed by atoms with van der Waals surface area (Å²) in [6.45, 7) is 0.559. The summed E-state index contributed by atoms with van der Waals surface area (Å²) < 4.78 is 12.7. The van der Waals surface area contributed by atoms with Crippen LogP contribution in [0.25, 0.3) is 0 Å². The maximum Gasteiger partial charge on any atom is 0.220 e. The van der Waals surface area contributed by atoms with Gasteiger partial charge in [-0.2, -0.15) is 0 Å². The molecule has 1 fully saturated rings. The molecule has 0 aliphatic heterocycles. The van der Waals surface area contributed by atoms with Crippen molar-refractivity contribution in [1.29, 1.82) is 0 Å². The number of aliphatic hydroxyl groups is 1. The fraction of sp³-hybridized carbons (Fsp3) is 0.562. The van der Waals surface area contributed by atoms with Gasteiger partial charge in [-0.3, -0.25) is 4.79 Å². The third-order valence-electron chi connectivity index (χ3n) is 3.98. The molecule has 110 valence electrons. The van der Waals surface area contributed by atoms with Crippen LogP contribution in [0, 0.1) is 11.7 Å². The molecular weight excluding hydrogens is 257 g/mol. The normalized spacial score (nSPS) is 22.5. The quantitative estimate of drug-likeness (QED) is 0.869. The molecule has 0 heterocycles. The number of carbonyl (C=O) groups excluding carboxylic acids is 1. The SMILES string of the molecule is O=C(CCc1ccc(F)cc1)NCC1CCCCC1O. The topological polar surface area (TPSA) is 49.3 Å². The Kier molecular flexibility index (Phi) is 5.53. The van der Waals surface area contributed by atoms with Crippen molar-refractivity contribution in [2.75, 3.05) is 6.54 Å². The number of halogens is 1. The van der Waals surface area contributed by atoms with E-state index in [1.807, 2.05) is 0 Å². The molecule has 2 atom stereocenters.